The van der Waals surface area contributed by atoms with Gasteiger partial charge in [0.2, 0.25) is 0 Å². The van der Waals surface area contributed by atoms with Crippen molar-refractivity contribution < 1.29 is 9.32 Å². The van der Waals surface area contributed by atoms with E-state index in [1.54, 1.807) is 11.3 Å². The van der Waals surface area contributed by atoms with E-state index in [1.807, 2.05) is 49.5 Å². The molecule has 0 N–H and O–H groups in total. The van der Waals surface area contributed by atoms with Gasteiger partial charge in [0.25, 0.3) is 0 Å². The van der Waals surface area contributed by atoms with Crippen molar-refractivity contribution in [1.29, 1.82) is 0 Å². The van der Waals surface area contributed by atoms with Crippen LogP contribution in [0.5, 0.6) is 0 Å². The van der Waals surface area contributed by atoms with E-state index >= 15 is 0 Å². The van der Waals surface area contributed by atoms with Crippen molar-refractivity contribution in [1.82, 2.24) is 19.5 Å². The van der Waals surface area contributed by atoms with Crippen molar-refractivity contribution in [3.63, 3.8) is 0 Å². The van der Waals surface area contributed by atoms with Crippen molar-refractivity contribution in [2.75, 3.05) is 0 Å². The quantitative estimate of drug-likeness (QED) is 0.355. The maximum Gasteiger partial charge on any atom is 0.196 e. The standard InChI is InChI=1S/C25H24N4O2S/c1-15-5-10-21-23(26-15)32-24-27-20(14-29(21)24)17-8-6-16(7-9-17)11-19(30)12-18-13-22(31-28-18)25(2,3)4/h5-10,13-14H,11-12H2,1-4H3. The van der Waals surface area contributed by atoms with Gasteiger partial charge in [0.15, 0.2) is 4.96 Å². The van der Waals surface area contributed by atoms with Crippen molar-refractivity contribution in [2.24, 2.45) is 0 Å². The summed E-state index contributed by atoms with van der Waals surface area (Å²) in [6.45, 7) is 8.18. The highest BCUT2D eigenvalue weighted by molar-refractivity contribution is 7.23. The fraction of sp³-hybridized carbons (Fsp3) is 0.280. The Labute approximate surface area is 189 Å². The Morgan fingerprint density at radius 2 is 1.84 bits per heavy atom. The lowest BCUT2D eigenvalue weighted by Crippen LogP contribution is -2.09. The second kappa shape index (κ2) is 7.67. The van der Waals surface area contributed by atoms with Crippen molar-refractivity contribution >= 4 is 32.4 Å². The highest BCUT2D eigenvalue weighted by atomic mass is 32.1. The van der Waals surface area contributed by atoms with E-state index < -0.39 is 0 Å². The molecule has 0 saturated carbocycles. The molecule has 32 heavy (non-hydrogen) atoms. The molecule has 0 fully saturated rings. The summed E-state index contributed by atoms with van der Waals surface area (Å²) < 4.78 is 7.47. The average Bonchev–Trinajstić information content (AvgIpc) is 3.42. The van der Waals surface area contributed by atoms with Crippen LogP contribution in [0.2, 0.25) is 0 Å². The first kappa shape index (κ1) is 20.6. The smallest absolute Gasteiger partial charge is 0.196 e. The van der Waals surface area contributed by atoms with Crippen LogP contribution in [0, 0.1) is 6.92 Å². The molecule has 0 aliphatic rings. The molecule has 0 amide bonds. The molecule has 0 saturated heterocycles. The van der Waals surface area contributed by atoms with E-state index in [1.165, 1.54) is 0 Å². The van der Waals surface area contributed by atoms with Gasteiger partial charge in [0.1, 0.15) is 16.4 Å². The van der Waals surface area contributed by atoms with Gasteiger partial charge in [-0.25, -0.2) is 9.97 Å². The number of carbonyl (C=O) groups excluding carboxylic acids is 1. The van der Waals surface area contributed by atoms with E-state index in [-0.39, 0.29) is 17.6 Å². The number of thiazole rings is 1. The number of benzene rings is 1. The van der Waals surface area contributed by atoms with E-state index in [0.717, 1.165) is 43.6 Å². The van der Waals surface area contributed by atoms with Gasteiger partial charge in [0, 0.05) is 35.4 Å². The molecule has 0 aliphatic carbocycles. The number of imidazole rings is 1. The maximum atomic E-state index is 12.5. The Balaban J connectivity index is 1.29. The molecule has 0 aliphatic heterocycles. The average molecular weight is 445 g/mol. The minimum atomic E-state index is -0.118. The van der Waals surface area contributed by atoms with Crippen molar-refractivity contribution in [2.45, 2.75) is 46.0 Å². The number of aromatic nitrogens is 4. The fourth-order valence-electron chi connectivity index (χ4n) is 3.65. The van der Waals surface area contributed by atoms with Crippen LogP contribution in [0.25, 0.3) is 26.6 Å². The summed E-state index contributed by atoms with van der Waals surface area (Å²) in [4.78, 5) is 23.8. The minimum absolute atomic E-state index is 0.114. The van der Waals surface area contributed by atoms with Gasteiger partial charge in [-0.3, -0.25) is 9.20 Å². The molecular weight excluding hydrogens is 420 g/mol. The molecule has 0 atom stereocenters. The van der Waals surface area contributed by atoms with Gasteiger partial charge in [-0.15, -0.1) is 0 Å². The highest BCUT2D eigenvalue weighted by Crippen LogP contribution is 2.29. The predicted molar refractivity (Wildman–Crippen MR) is 126 cm³/mol. The van der Waals surface area contributed by atoms with Crippen LogP contribution in [0.1, 0.15) is 43.5 Å². The number of nitrogens with zero attached hydrogens (tertiary/aromatic N) is 4. The number of carbonyl (C=O) groups is 1. The predicted octanol–water partition coefficient (Wildman–Crippen LogP) is 5.56. The van der Waals surface area contributed by atoms with Crippen LogP contribution in [0.3, 0.4) is 0 Å². The summed E-state index contributed by atoms with van der Waals surface area (Å²) in [5, 5.41) is 4.05. The van der Waals surface area contributed by atoms with Crippen LogP contribution >= 0.6 is 11.3 Å². The molecule has 162 valence electrons. The van der Waals surface area contributed by atoms with Gasteiger partial charge in [-0.05, 0) is 24.6 Å². The zero-order valence-corrected chi connectivity index (χ0v) is 19.4. The monoisotopic (exact) mass is 444 g/mol. The third kappa shape index (κ3) is 3.96. The van der Waals surface area contributed by atoms with Gasteiger partial charge in [-0.1, -0.05) is 61.5 Å². The molecular formula is C25H24N4O2S. The van der Waals surface area contributed by atoms with Crippen LogP contribution in [0.15, 0.2) is 53.2 Å². The Bertz CT molecular complexity index is 1430. The SMILES string of the molecule is Cc1ccc2c(n1)sc1nc(-c3ccc(CC(=O)Cc4cc(C(C)(C)C)on4)cc3)cn12. The molecule has 0 unspecified atom stereocenters. The topological polar surface area (TPSA) is 73.3 Å². The first-order valence-electron chi connectivity index (χ1n) is 10.6. The summed E-state index contributed by atoms with van der Waals surface area (Å²) in [6, 6.07) is 14.0. The van der Waals surface area contributed by atoms with Gasteiger partial charge in [-0.2, -0.15) is 0 Å². The number of pyridine rings is 1. The largest absolute Gasteiger partial charge is 0.361 e. The van der Waals surface area contributed by atoms with Gasteiger partial charge < -0.3 is 4.52 Å². The molecule has 4 aromatic heterocycles. The second-order valence-electron chi connectivity index (χ2n) is 9.18. The number of aryl methyl sites for hydroxylation is 1. The number of rotatable bonds is 5. The lowest BCUT2D eigenvalue weighted by molar-refractivity contribution is -0.117. The lowest BCUT2D eigenvalue weighted by atomic mass is 9.93. The summed E-state index contributed by atoms with van der Waals surface area (Å²) in [5.41, 5.74) is 5.55. The van der Waals surface area contributed by atoms with Gasteiger partial charge >= 0.3 is 0 Å². The van der Waals surface area contributed by atoms with E-state index in [2.05, 4.69) is 41.4 Å². The molecule has 5 rings (SSSR count). The first-order valence-corrected chi connectivity index (χ1v) is 11.4. The number of hydrogen-bond acceptors (Lipinski definition) is 6. The Morgan fingerprint density at radius 1 is 1.06 bits per heavy atom. The molecule has 0 radical (unpaired) electrons. The Hall–Kier alpha value is -3.32. The molecule has 5 aromatic rings. The van der Waals surface area contributed by atoms with E-state index in [0.29, 0.717) is 12.1 Å². The third-order valence-electron chi connectivity index (χ3n) is 5.43. The summed E-state index contributed by atoms with van der Waals surface area (Å²) >= 11 is 1.59. The van der Waals surface area contributed by atoms with E-state index in [4.69, 9.17) is 9.51 Å². The molecule has 0 bridgehead atoms. The van der Waals surface area contributed by atoms with Crippen molar-refractivity contribution in [3.8, 4) is 11.3 Å². The molecule has 4 heterocycles. The molecule has 1 aromatic carbocycles. The van der Waals surface area contributed by atoms with Crippen molar-refractivity contribution in [3.05, 3.63) is 71.4 Å². The van der Waals surface area contributed by atoms with E-state index in [9.17, 15) is 4.79 Å². The summed E-state index contributed by atoms with van der Waals surface area (Å²) in [5.74, 6) is 0.909. The third-order valence-corrected chi connectivity index (χ3v) is 6.39. The maximum absolute atomic E-state index is 12.5. The second-order valence-corrected chi connectivity index (χ2v) is 10.1. The lowest BCUT2D eigenvalue weighted by Gasteiger charge is -2.12. The summed E-state index contributed by atoms with van der Waals surface area (Å²) in [7, 11) is 0. The number of hydrogen-bond donors (Lipinski definition) is 0. The molecule has 7 heteroatoms. The number of Topliss-reactive ketones (excluding diaryl/α,β-unsaturated/α-hetero) is 1. The Morgan fingerprint density at radius 3 is 2.56 bits per heavy atom. The van der Waals surface area contributed by atoms with Crippen LogP contribution in [-0.2, 0) is 23.1 Å². The van der Waals surface area contributed by atoms with Crippen LogP contribution in [0.4, 0.5) is 0 Å². The van der Waals surface area contributed by atoms with Crippen LogP contribution < -0.4 is 0 Å². The fourth-order valence-corrected chi connectivity index (χ4v) is 4.68. The molecule has 6 nitrogen and oxygen atoms in total. The zero-order valence-electron chi connectivity index (χ0n) is 18.5. The highest BCUT2D eigenvalue weighted by Gasteiger charge is 2.20. The minimum Gasteiger partial charge on any atom is -0.361 e. The zero-order chi connectivity index (χ0) is 22.5. The molecule has 0 spiro atoms. The Kier molecular flexibility index (Phi) is 4.93. The number of ketones is 1. The normalized spacial score (nSPS) is 12.1. The van der Waals surface area contributed by atoms with Crippen LogP contribution in [-0.4, -0.2) is 25.3 Å². The van der Waals surface area contributed by atoms with Gasteiger partial charge in [0.05, 0.1) is 23.3 Å². The number of fused-ring (bicyclic) bond motifs is 3. The first-order chi connectivity index (χ1) is 15.3. The summed E-state index contributed by atoms with van der Waals surface area (Å²) in [6.07, 6.45) is 2.69.